The maximum absolute atomic E-state index is 4.73. The lowest BCUT2D eigenvalue weighted by molar-refractivity contribution is 0.342. The second-order valence-electron chi connectivity index (χ2n) is 5.51. The first-order chi connectivity index (χ1) is 9.92. The van der Waals surface area contributed by atoms with Crippen molar-refractivity contribution in [2.24, 2.45) is 0 Å². The quantitative estimate of drug-likeness (QED) is 0.908. The van der Waals surface area contributed by atoms with Crippen LogP contribution in [0.15, 0.2) is 41.2 Å². The zero-order chi connectivity index (χ0) is 13.6. The summed E-state index contributed by atoms with van der Waals surface area (Å²) in [5.74, 6) is 1.53. The molecule has 0 atom stereocenters. The van der Waals surface area contributed by atoms with E-state index in [4.69, 9.17) is 4.52 Å². The zero-order valence-electron chi connectivity index (χ0n) is 11.7. The average Bonchev–Trinajstić information content (AvgIpc) is 3.02. The number of hydrogen-bond donors (Lipinski definition) is 1. The molecule has 0 unspecified atom stereocenters. The van der Waals surface area contributed by atoms with Crippen LogP contribution in [0.25, 0.3) is 0 Å². The maximum atomic E-state index is 4.73. The van der Waals surface area contributed by atoms with E-state index in [9.17, 15) is 0 Å². The Balaban J connectivity index is 1.40. The lowest BCUT2D eigenvalue weighted by Gasteiger charge is -2.29. The SMILES string of the molecule is c1ccc(C2CCC(NCCc3ncon3)CC2)cc1. The molecule has 0 aliphatic heterocycles. The van der Waals surface area contributed by atoms with Crippen molar-refractivity contribution in [3.8, 4) is 0 Å². The lowest BCUT2D eigenvalue weighted by atomic mass is 9.82. The Bertz CT molecular complexity index is 490. The highest BCUT2D eigenvalue weighted by molar-refractivity contribution is 5.20. The van der Waals surface area contributed by atoms with Crippen molar-refractivity contribution < 1.29 is 4.52 Å². The Morgan fingerprint density at radius 1 is 1.10 bits per heavy atom. The molecule has 1 heterocycles. The van der Waals surface area contributed by atoms with Crippen molar-refractivity contribution in [3.63, 3.8) is 0 Å². The minimum Gasteiger partial charge on any atom is -0.343 e. The molecule has 106 valence electrons. The third kappa shape index (κ3) is 3.45. The summed E-state index contributed by atoms with van der Waals surface area (Å²) in [5, 5.41) is 7.43. The average molecular weight is 271 g/mol. The monoisotopic (exact) mass is 271 g/mol. The molecule has 1 aromatic carbocycles. The van der Waals surface area contributed by atoms with Crippen LogP contribution in [0.1, 0.15) is 43.0 Å². The molecule has 0 bridgehead atoms. The van der Waals surface area contributed by atoms with Gasteiger partial charge < -0.3 is 9.84 Å². The highest BCUT2D eigenvalue weighted by atomic mass is 16.5. The maximum Gasteiger partial charge on any atom is 0.213 e. The fraction of sp³-hybridized carbons (Fsp3) is 0.500. The summed E-state index contributed by atoms with van der Waals surface area (Å²) in [5.41, 5.74) is 1.50. The van der Waals surface area contributed by atoms with Gasteiger partial charge in [0, 0.05) is 19.0 Å². The molecule has 0 spiro atoms. The Kier molecular flexibility index (Phi) is 4.43. The molecule has 1 aliphatic rings. The van der Waals surface area contributed by atoms with Crippen LogP contribution in [0.4, 0.5) is 0 Å². The van der Waals surface area contributed by atoms with Gasteiger partial charge in [-0.2, -0.15) is 4.98 Å². The molecule has 1 N–H and O–H groups in total. The van der Waals surface area contributed by atoms with Gasteiger partial charge in [-0.3, -0.25) is 0 Å². The Hall–Kier alpha value is -1.68. The van der Waals surface area contributed by atoms with Crippen molar-refractivity contribution in [3.05, 3.63) is 48.1 Å². The fourth-order valence-electron chi connectivity index (χ4n) is 3.05. The number of rotatable bonds is 5. The van der Waals surface area contributed by atoms with E-state index < -0.39 is 0 Å². The number of benzene rings is 1. The first-order valence-electron chi connectivity index (χ1n) is 7.45. The second-order valence-corrected chi connectivity index (χ2v) is 5.51. The van der Waals surface area contributed by atoms with Gasteiger partial charge in [-0.1, -0.05) is 35.5 Å². The minimum absolute atomic E-state index is 0.641. The standard InChI is InChI=1S/C16H21N3O/c1-2-4-13(5-3-1)14-6-8-15(9-7-14)17-11-10-16-18-12-20-19-16/h1-5,12,14-15,17H,6-11H2. The minimum atomic E-state index is 0.641. The molecule has 20 heavy (non-hydrogen) atoms. The van der Waals surface area contributed by atoms with Crippen LogP contribution in [-0.4, -0.2) is 22.7 Å². The summed E-state index contributed by atoms with van der Waals surface area (Å²) in [6, 6.07) is 11.5. The first-order valence-corrected chi connectivity index (χ1v) is 7.45. The summed E-state index contributed by atoms with van der Waals surface area (Å²) in [6.07, 6.45) is 7.31. The smallest absolute Gasteiger partial charge is 0.213 e. The van der Waals surface area contributed by atoms with E-state index >= 15 is 0 Å². The number of nitrogens with one attached hydrogen (secondary N) is 1. The van der Waals surface area contributed by atoms with Crippen molar-refractivity contribution in [2.45, 2.75) is 44.1 Å². The van der Waals surface area contributed by atoms with E-state index in [0.717, 1.165) is 24.7 Å². The van der Waals surface area contributed by atoms with Crippen LogP contribution in [0.3, 0.4) is 0 Å². The van der Waals surface area contributed by atoms with Gasteiger partial charge in [0.05, 0.1) is 0 Å². The molecule has 1 aliphatic carbocycles. The molecule has 4 heteroatoms. The fourth-order valence-corrected chi connectivity index (χ4v) is 3.05. The van der Waals surface area contributed by atoms with Crippen molar-refractivity contribution in [1.82, 2.24) is 15.5 Å². The number of aromatic nitrogens is 2. The topological polar surface area (TPSA) is 51.0 Å². The largest absolute Gasteiger partial charge is 0.343 e. The van der Waals surface area contributed by atoms with Gasteiger partial charge in [0.25, 0.3) is 0 Å². The highest BCUT2D eigenvalue weighted by Crippen LogP contribution is 2.32. The Labute approximate surface area is 119 Å². The van der Waals surface area contributed by atoms with Gasteiger partial charge in [-0.25, -0.2) is 0 Å². The number of nitrogens with zero attached hydrogens (tertiary/aromatic N) is 2. The molecule has 1 saturated carbocycles. The molecule has 0 amide bonds. The van der Waals surface area contributed by atoms with Gasteiger partial charge >= 0.3 is 0 Å². The molecule has 1 aromatic heterocycles. The Morgan fingerprint density at radius 2 is 1.90 bits per heavy atom. The van der Waals surface area contributed by atoms with Gasteiger partial charge in [0.15, 0.2) is 5.82 Å². The summed E-state index contributed by atoms with van der Waals surface area (Å²) in [6.45, 7) is 0.931. The molecular formula is C16H21N3O. The van der Waals surface area contributed by atoms with E-state index in [1.165, 1.54) is 37.6 Å². The van der Waals surface area contributed by atoms with Crippen LogP contribution < -0.4 is 5.32 Å². The zero-order valence-corrected chi connectivity index (χ0v) is 11.7. The van der Waals surface area contributed by atoms with Gasteiger partial charge in [0.2, 0.25) is 6.39 Å². The van der Waals surface area contributed by atoms with Crippen molar-refractivity contribution in [2.75, 3.05) is 6.54 Å². The normalized spacial score (nSPS) is 22.8. The summed E-state index contributed by atoms with van der Waals surface area (Å²) < 4.78 is 4.73. The molecular weight excluding hydrogens is 250 g/mol. The van der Waals surface area contributed by atoms with E-state index in [1.807, 2.05) is 0 Å². The number of hydrogen-bond acceptors (Lipinski definition) is 4. The molecule has 0 saturated heterocycles. The van der Waals surface area contributed by atoms with Crippen LogP contribution in [-0.2, 0) is 6.42 Å². The van der Waals surface area contributed by atoms with Crippen molar-refractivity contribution >= 4 is 0 Å². The van der Waals surface area contributed by atoms with Gasteiger partial charge in [-0.15, -0.1) is 0 Å². The highest BCUT2D eigenvalue weighted by Gasteiger charge is 2.21. The van der Waals surface area contributed by atoms with Gasteiger partial charge in [0.1, 0.15) is 0 Å². The summed E-state index contributed by atoms with van der Waals surface area (Å²) in [4.78, 5) is 4.03. The van der Waals surface area contributed by atoms with Gasteiger partial charge in [-0.05, 0) is 37.2 Å². The molecule has 3 rings (SSSR count). The molecule has 0 radical (unpaired) electrons. The first kappa shape index (κ1) is 13.3. The molecule has 2 aromatic rings. The molecule has 1 fully saturated rings. The van der Waals surface area contributed by atoms with Crippen LogP contribution >= 0.6 is 0 Å². The third-order valence-electron chi connectivity index (χ3n) is 4.19. The Morgan fingerprint density at radius 3 is 2.60 bits per heavy atom. The van der Waals surface area contributed by atoms with E-state index in [2.05, 4.69) is 45.8 Å². The van der Waals surface area contributed by atoms with E-state index in [-0.39, 0.29) is 0 Å². The third-order valence-corrected chi connectivity index (χ3v) is 4.19. The van der Waals surface area contributed by atoms with E-state index in [0.29, 0.717) is 6.04 Å². The summed E-state index contributed by atoms with van der Waals surface area (Å²) >= 11 is 0. The van der Waals surface area contributed by atoms with Crippen LogP contribution in [0, 0.1) is 0 Å². The van der Waals surface area contributed by atoms with Crippen molar-refractivity contribution in [1.29, 1.82) is 0 Å². The second kappa shape index (κ2) is 6.66. The lowest BCUT2D eigenvalue weighted by Crippen LogP contribution is -2.34. The van der Waals surface area contributed by atoms with E-state index in [1.54, 1.807) is 0 Å². The van der Waals surface area contributed by atoms with Crippen LogP contribution in [0.5, 0.6) is 0 Å². The molecule has 4 nitrogen and oxygen atoms in total. The summed E-state index contributed by atoms with van der Waals surface area (Å²) in [7, 11) is 0. The predicted octanol–water partition coefficient (Wildman–Crippen LogP) is 2.93. The predicted molar refractivity (Wildman–Crippen MR) is 77.4 cm³/mol. The van der Waals surface area contributed by atoms with Crippen LogP contribution in [0.2, 0.25) is 0 Å².